The van der Waals surface area contributed by atoms with Crippen molar-refractivity contribution in [3.63, 3.8) is 0 Å². The summed E-state index contributed by atoms with van der Waals surface area (Å²) in [4.78, 5) is 2.24. The number of nitrogens with zero attached hydrogens (tertiary/aromatic N) is 1. The highest BCUT2D eigenvalue weighted by atomic mass is 19.1. The van der Waals surface area contributed by atoms with E-state index in [-0.39, 0.29) is 6.04 Å². The summed E-state index contributed by atoms with van der Waals surface area (Å²) in [7, 11) is 0. The summed E-state index contributed by atoms with van der Waals surface area (Å²) in [6.07, 6.45) is 0.982. The van der Waals surface area contributed by atoms with Crippen LogP contribution in [0.15, 0.2) is 42.5 Å². The van der Waals surface area contributed by atoms with Gasteiger partial charge in [-0.15, -0.1) is 0 Å². The zero-order valence-corrected chi connectivity index (χ0v) is 14.5. The van der Waals surface area contributed by atoms with Crippen LogP contribution < -0.4 is 10.1 Å². The van der Waals surface area contributed by atoms with E-state index >= 15 is 0 Å². The van der Waals surface area contributed by atoms with Crippen molar-refractivity contribution in [3.05, 3.63) is 65.2 Å². The van der Waals surface area contributed by atoms with Gasteiger partial charge in [0.15, 0.2) is 0 Å². The number of nitrogens with one attached hydrogen (secondary N) is 1. The summed E-state index contributed by atoms with van der Waals surface area (Å²) in [6.45, 7) is 5.90. The molecule has 1 N–H and O–H groups in total. The highest BCUT2D eigenvalue weighted by Crippen LogP contribution is 2.36. The molecular formula is C20H24F2N2O. The van der Waals surface area contributed by atoms with Crippen LogP contribution in [0.1, 0.15) is 30.5 Å². The normalized spacial score (nSPS) is 17.1. The molecule has 3 rings (SSSR count). The third-order valence-corrected chi connectivity index (χ3v) is 4.51. The fourth-order valence-electron chi connectivity index (χ4n) is 3.40. The number of hydrogen-bond donors (Lipinski definition) is 1. The predicted octanol–water partition coefficient (Wildman–Crippen LogP) is 3.75. The molecule has 1 fully saturated rings. The average Bonchev–Trinajstić information content (AvgIpc) is 2.88. The molecule has 0 aromatic heterocycles. The summed E-state index contributed by atoms with van der Waals surface area (Å²) < 4.78 is 33.9. The molecule has 0 aliphatic carbocycles. The second-order valence-corrected chi connectivity index (χ2v) is 6.18. The van der Waals surface area contributed by atoms with Crippen molar-refractivity contribution in [1.82, 2.24) is 10.2 Å². The van der Waals surface area contributed by atoms with Crippen LogP contribution in [-0.2, 0) is 0 Å². The molecule has 5 heteroatoms. The number of ether oxygens (including phenoxy) is 1. The molecule has 1 heterocycles. The lowest BCUT2D eigenvalue weighted by atomic mass is 9.95. The van der Waals surface area contributed by atoms with E-state index in [9.17, 15) is 8.78 Å². The zero-order valence-electron chi connectivity index (χ0n) is 14.5. The molecule has 0 spiro atoms. The molecule has 1 aliphatic heterocycles. The van der Waals surface area contributed by atoms with Crippen LogP contribution in [0.2, 0.25) is 0 Å². The van der Waals surface area contributed by atoms with Crippen molar-refractivity contribution in [2.75, 3.05) is 32.8 Å². The minimum Gasteiger partial charge on any atom is -0.494 e. The van der Waals surface area contributed by atoms with E-state index in [1.54, 1.807) is 6.07 Å². The fourth-order valence-corrected chi connectivity index (χ4v) is 3.40. The maximum absolute atomic E-state index is 14.6. The summed E-state index contributed by atoms with van der Waals surface area (Å²) in [5.74, 6) is -0.333. The van der Waals surface area contributed by atoms with E-state index in [0.717, 1.165) is 50.0 Å². The maximum Gasteiger partial charge on any atom is 0.131 e. The van der Waals surface area contributed by atoms with E-state index in [2.05, 4.69) is 10.2 Å². The molecule has 3 nitrogen and oxygen atoms in total. The molecule has 2 aromatic carbocycles. The van der Waals surface area contributed by atoms with Crippen LogP contribution in [0.4, 0.5) is 8.78 Å². The summed E-state index contributed by atoms with van der Waals surface area (Å²) in [5, 5.41) is 3.37. The van der Waals surface area contributed by atoms with Crippen molar-refractivity contribution >= 4 is 0 Å². The number of rotatable bonds is 5. The summed E-state index contributed by atoms with van der Waals surface area (Å²) >= 11 is 0. The average molecular weight is 346 g/mol. The Kier molecular flexibility index (Phi) is 6.00. The highest BCUT2D eigenvalue weighted by Gasteiger charge is 2.28. The highest BCUT2D eigenvalue weighted by molar-refractivity contribution is 5.42. The number of benzene rings is 2. The summed E-state index contributed by atoms with van der Waals surface area (Å²) in [5.41, 5.74) is 1.40. The van der Waals surface area contributed by atoms with Gasteiger partial charge in [-0.05, 0) is 32.0 Å². The van der Waals surface area contributed by atoms with Gasteiger partial charge in [0.1, 0.15) is 17.4 Å². The number of hydrogen-bond acceptors (Lipinski definition) is 3. The van der Waals surface area contributed by atoms with Crippen LogP contribution in [-0.4, -0.2) is 37.7 Å². The van der Waals surface area contributed by atoms with Gasteiger partial charge in [-0.3, -0.25) is 4.90 Å². The third-order valence-electron chi connectivity index (χ3n) is 4.51. The monoisotopic (exact) mass is 346 g/mol. The Hall–Kier alpha value is -1.98. The second kappa shape index (κ2) is 8.41. The largest absolute Gasteiger partial charge is 0.494 e. The Morgan fingerprint density at radius 2 is 1.92 bits per heavy atom. The van der Waals surface area contributed by atoms with Gasteiger partial charge in [0.25, 0.3) is 0 Å². The Morgan fingerprint density at radius 1 is 1.08 bits per heavy atom. The summed E-state index contributed by atoms with van der Waals surface area (Å²) in [6, 6.07) is 11.3. The molecule has 1 atom stereocenters. The number of para-hydroxylation sites is 1. The van der Waals surface area contributed by atoms with Crippen molar-refractivity contribution in [3.8, 4) is 5.75 Å². The maximum atomic E-state index is 14.6. The molecule has 2 aromatic rings. The lowest BCUT2D eigenvalue weighted by Gasteiger charge is -2.32. The van der Waals surface area contributed by atoms with Gasteiger partial charge in [-0.2, -0.15) is 0 Å². The molecule has 1 saturated heterocycles. The van der Waals surface area contributed by atoms with E-state index in [0.29, 0.717) is 12.2 Å². The van der Waals surface area contributed by atoms with Gasteiger partial charge >= 0.3 is 0 Å². The zero-order chi connectivity index (χ0) is 17.6. The molecule has 25 heavy (non-hydrogen) atoms. The van der Waals surface area contributed by atoms with Gasteiger partial charge in [0, 0.05) is 36.8 Å². The minimum atomic E-state index is -0.560. The molecule has 0 radical (unpaired) electrons. The minimum absolute atomic E-state index is 0.303. The first-order valence-electron chi connectivity index (χ1n) is 8.82. The van der Waals surface area contributed by atoms with Crippen molar-refractivity contribution in [2.24, 2.45) is 0 Å². The first kappa shape index (κ1) is 17.8. The van der Waals surface area contributed by atoms with E-state index in [1.165, 1.54) is 6.07 Å². The molecule has 1 unspecified atom stereocenters. The van der Waals surface area contributed by atoms with Crippen molar-refractivity contribution in [1.29, 1.82) is 0 Å². The molecule has 0 saturated carbocycles. The Labute approximate surface area is 147 Å². The van der Waals surface area contributed by atoms with Crippen LogP contribution in [0.3, 0.4) is 0 Å². The van der Waals surface area contributed by atoms with Crippen molar-refractivity contribution in [2.45, 2.75) is 19.4 Å². The molecule has 1 aliphatic rings. The first-order valence-corrected chi connectivity index (χ1v) is 8.82. The SMILES string of the molecule is CCOc1ccccc1C(c1ccc(F)cc1F)N1CCCNCC1. The lowest BCUT2D eigenvalue weighted by Crippen LogP contribution is -2.33. The van der Waals surface area contributed by atoms with Gasteiger partial charge in [-0.1, -0.05) is 24.3 Å². The molecule has 0 amide bonds. The van der Waals surface area contributed by atoms with Crippen LogP contribution in [0.25, 0.3) is 0 Å². The standard InChI is InChI=1S/C20H24F2N2O/c1-2-25-19-7-4-3-6-17(19)20(24-12-5-10-23-11-13-24)16-9-8-15(21)14-18(16)22/h3-4,6-9,14,20,23H,2,5,10-13H2,1H3. The van der Waals surface area contributed by atoms with Gasteiger partial charge in [-0.25, -0.2) is 8.78 Å². The third kappa shape index (κ3) is 4.17. The fraction of sp³-hybridized carbons (Fsp3) is 0.400. The van der Waals surface area contributed by atoms with E-state index < -0.39 is 11.6 Å². The Morgan fingerprint density at radius 3 is 2.72 bits per heavy atom. The van der Waals surface area contributed by atoms with Crippen LogP contribution >= 0.6 is 0 Å². The van der Waals surface area contributed by atoms with Crippen LogP contribution in [0, 0.1) is 11.6 Å². The quantitative estimate of drug-likeness (QED) is 0.892. The van der Waals surface area contributed by atoms with E-state index in [4.69, 9.17) is 4.74 Å². The topological polar surface area (TPSA) is 24.5 Å². The van der Waals surface area contributed by atoms with E-state index in [1.807, 2.05) is 31.2 Å². The Balaban J connectivity index is 2.08. The molecular weight excluding hydrogens is 322 g/mol. The molecule has 134 valence electrons. The molecule has 0 bridgehead atoms. The van der Waals surface area contributed by atoms with Crippen molar-refractivity contribution < 1.29 is 13.5 Å². The van der Waals surface area contributed by atoms with Crippen LogP contribution in [0.5, 0.6) is 5.75 Å². The predicted molar refractivity (Wildman–Crippen MR) is 94.9 cm³/mol. The smallest absolute Gasteiger partial charge is 0.131 e. The Bertz CT molecular complexity index is 700. The second-order valence-electron chi connectivity index (χ2n) is 6.18. The number of halogens is 2. The lowest BCUT2D eigenvalue weighted by molar-refractivity contribution is 0.229. The van der Waals surface area contributed by atoms with Gasteiger partial charge in [0.2, 0.25) is 0 Å². The van der Waals surface area contributed by atoms with Gasteiger partial charge < -0.3 is 10.1 Å². The van der Waals surface area contributed by atoms with Gasteiger partial charge in [0.05, 0.1) is 12.6 Å². The first-order chi connectivity index (χ1) is 12.2.